The zero-order valence-electron chi connectivity index (χ0n) is 10.9. The van der Waals surface area contributed by atoms with Gasteiger partial charge in [0, 0.05) is 18.7 Å². The van der Waals surface area contributed by atoms with E-state index in [9.17, 15) is 14.4 Å². The molecule has 1 aliphatic heterocycles. The van der Waals surface area contributed by atoms with Crippen molar-refractivity contribution in [3.05, 3.63) is 23.8 Å². The molecule has 1 aromatic rings. The van der Waals surface area contributed by atoms with E-state index in [4.69, 9.17) is 9.84 Å². The molecule has 0 atom stereocenters. The fraction of sp³-hybridized carbons (Fsp3) is 0.308. The molecule has 0 bridgehead atoms. The van der Waals surface area contributed by atoms with Crippen LogP contribution in [0.2, 0.25) is 0 Å². The van der Waals surface area contributed by atoms with Gasteiger partial charge in [0.2, 0.25) is 5.91 Å². The third-order valence-corrected chi connectivity index (χ3v) is 2.88. The highest BCUT2D eigenvalue weighted by molar-refractivity contribution is 6.05. The highest BCUT2D eigenvalue weighted by Crippen LogP contribution is 2.26. The quantitative estimate of drug-likeness (QED) is 0.853. The Balaban J connectivity index is 2.15. The first kappa shape index (κ1) is 13.9. The van der Waals surface area contributed by atoms with Crippen molar-refractivity contribution in [1.82, 2.24) is 5.32 Å². The molecule has 20 heavy (non-hydrogen) atoms. The predicted molar refractivity (Wildman–Crippen MR) is 69.8 cm³/mol. The van der Waals surface area contributed by atoms with Crippen LogP contribution in [0.5, 0.6) is 5.75 Å². The van der Waals surface area contributed by atoms with Gasteiger partial charge in [0.15, 0.2) is 6.61 Å². The van der Waals surface area contributed by atoms with Crippen LogP contribution in [-0.4, -0.2) is 36.2 Å². The van der Waals surface area contributed by atoms with Gasteiger partial charge >= 0.3 is 12.0 Å². The first-order valence-electron chi connectivity index (χ1n) is 6.04. The smallest absolute Gasteiger partial charge is 0.341 e. The number of carbonyl (C=O) groups excluding carboxylic acids is 2. The van der Waals surface area contributed by atoms with Gasteiger partial charge < -0.3 is 9.84 Å². The van der Waals surface area contributed by atoms with E-state index in [-0.39, 0.29) is 12.3 Å². The largest absolute Gasteiger partial charge is 0.482 e. The molecule has 1 saturated heterocycles. The molecule has 3 amide bonds. The SMILES string of the molecule is Cc1cc(OCC(=O)O)ccc1N1CCC(=O)NC1=O. The molecule has 106 valence electrons. The normalized spacial score (nSPS) is 14.9. The minimum absolute atomic E-state index is 0.252. The summed E-state index contributed by atoms with van der Waals surface area (Å²) >= 11 is 0. The number of anilines is 1. The first-order chi connectivity index (χ1) is 9.47. The Labute approximate surface area is 115 Å². The number of aryl methyl sites for hydroxylation is 1. The lowest BCUT2D eigenvalue weighted by molar-refractivity contribution is -0.139. The van der Waals surface area contributed by atoms with Gasteiger partial charge in [-0.1, -0.05) is 0 Å². The zero-order chi connectivity index (χ0) is 14.7. The Kier molecular flexibility index (Phi) is 3.88. The molecule has 0 unspecified atom stereocenters. The monoisotopic (exact) mass is 278 g/mol. The Morgan fingerprint density at radius 1 is 1.45 bits per heavy atom. The molecular formula is C13H14N2O5. The van der Waals surface area contributed by atoms with E-state index in [1.807, 2.05) is 0 Å². The van der Waals surface area contributed by atoms with E-state index >= 15 is 0 Å². The maximum Gasteiger partial charge on any atom is 0.341 e. The fourth-order valence-electron chi connectivity index (χ4n) is 1.96. The van der Waals surface area contributed by atoms with Crippen molar-refractivity contribution in [2.75, 3.05) is 18.1 Å². The summed E-state index contributed by atoms with van der Waals surface area (Å²) in [6, 6.07) is 4.46. The summed E-state index contributed by atoms with van der Waals surface area (Å²) in [5.74, 6) is -0.923. The van der Waals surface area contributed by atoms with Gasteiger partial charge in [0.1, 0.15) is 5.75 Å². The molecule has 0 aromatic heterocycles. The predicted octanol–water partition coefficient (Wildman–Crippen LogP) is 0.905. The molecule has 0 spiro atoms. The van der Waals surface area contributed by atoms with Crippen LogP contribution in [0.15, 0.2) is 18.2 Å². The number of carbonyl (C=O) groups is 3. The van der Waals surface area contributed by atoms with E-state index in [0.717, 1.165) is 5.56 Å². The van der Waals surface area contributed by atoms with Crippen molar-refractivity contribution in [3.8, 4) is 5.75 Å². The fourth-order valence-corrected chi connectivity index (χ4v) is 1.96. The number of carboxylic acids is 1. The average molecular weight is 278 g/mol. The van der Waals surface area contributed by atoms with Crippen LogP contribution in [0.1, 0.15) is 12.0 Å². The Morgan fingerprint density at radius 2 is 2.20 bits per heavy atom. The molecule has 1 heterocycles. The molecular weight excluding hydrogens is 264 g/mol. The second-order valence-corrected chi connectivity index (χ2v) is 4.39. The van der Waals surface area contributed by atoms with Crippen molar-refractivity contribution in [2.45, 2.75) is 13.3 Å². The third kappa shape index (κ3) is 3.05. The van der Waals surface area contributed by atoms with Crippen molar-refractivity contribution in [1.29, 1.82) is 0 Å². The molecule has 7 nitrogen and oxygen atoms in total. The minimum Gasteiger partial charge on any atom is -0.482 e. The van der Waals surface area contributed by atoms with Crippen LogP contribution in [0.25, 0.3) is 0 Å². The van der Waals surface area contributed by atoms with Gasteiger partial charge in [-0.25, -0.2) is 9.59 Å². The van der Waals surface area contributed by atoms with Crippen LogP contribution < -0.4 is 15.0 Å². The molecule has 2 N–H and O–H groups in total. The topological polar surface area (TPSA) is 95.9 Å². The van der Waals surface area contributed by atoms with Gasteiger partial charge in [-0.3, -0.25) is 15.0 Å². The highest BCUT2D eigenvalue weighted by Gasteiger charge is 2.25. The van der Waals surface area contributed by atoms with Crippen LogP contribution in [-0.2, 0) is 9.59 Å². The summed E-state index contributed by atoms with van der Waals surface area (Å²) in [4.78, 5) is 34.7. The van der Waals surface area contributed by atoms with E-state index in [1.54, 1.807) is 25.1 Å². The molecule has 1 fully saturated rings. The molecule has 0 aliphatic carbocycles. The number of hydrogen-bond donors (Lipinski definition) is 2. The minimum atomic E-state index is -1.05. The van der Waals surface area contributed by atoms with E-state index in [0.29, 0.717) is 18.0 Å². The number of rotatable bonds is 4. The van der Waals surface area contributed by atoms with Gasteiger partial charge in [-0.2, -0.15) is 0 Å². The number of amides is 3. The van der Waals surface area contributed by atoms with Crippen molar-refractivity contribution in [2.24, 2.45) is 0 Å². The van der Waals surface area contributed by atoms with E-state index < -0.39 is 18.6 Å². The number of nitrogens with one attached hydrogen (secondary N) is 1. The molecule has 0 saturated carbocycles. The second-order valence-electron chi connectivity index (χ2n) is 4.39. The number of urea groups is 1. The molecule has 2 rings (SSSR count). The molecule has 7 heteroatoms. The number of benzene rings is 1. The van der Waals surface area contributed by atoms with Crippen LogP contribution in [0, 0.1) is 6.92 Å². The summed E-state index contributed by atoms with van der Waals surface area (Å²) in [6.45, 7) is 1.69. The maximum absolute atomic E-state index is 11.7. The summed E-state index contributed by atoms with van der Waals surface area (Å²) in [5.41, 5.74) is 1.43. The number of ether oxygens (including phenoxy) is 1. The lowest BCUT2D eigenvalue weighted by atomic mass is 10.1. The molecule has 1 aromatic carbocycles. The Bertz CT molecular complexity index is 570. The van der Waals surface area contributed by atoms with E-state index in [1.165, 1.54) is 4.90 Å². The van der Waals surface area contributed by atoms with Crippen molar-refractivity contribution < 1.29 is 24.2 Å². The van der Waals surface area contributed by atoms with Crippen LogP contribution in [0.3, 0.4) is 0 Å². The summed E-state index contributed by atoms with van der Waals surface area (Å²) in [5, 5.41) is 10.8. The lowest BCUT2D eigenvalue weighted by Gasteiger charge is -2.28. The number of hydrogen-bond acceptors (Lipinski definition) is 4. The number of imide groups is 1. The van der Waals surface area contributed by atoms with Gasteiger partial charge in [-0.05, 0) is 30.7 Å². The van der Waals surface area contributed by atoms with Crippen molar-refractivity contribution >= 4 is 23.6 Å². The van der Waals surface area contributed by atoms with Crippen molar-refractivity contribution in [3.63, 3.8) is 0 Å². The third-order valence-electron chi connectivity index (χ3n) is 2.88. The summed E-state index contributed by atoms with van der Waals surface area (Å²) < 4.78 is 5.06. The Morgan fingerprint density at radius 3 is 2.80 bits per heavy atom. The highest BCUT2D eigenvalue weighted by atomic mass is 16.5. The summed E-state index contributed by atoms with van der Waals surface area (Å²) in [7, 11) is 0. The van der Waals surface area contributed by atoms with Crippen LogP contribution >= 0.6 is 0 Å². The summed E-state index contributed by atoms with van der Waals surface area (Å²) in [6.07, 6.45) is 0.252. The lowest BCUT2D eigenvalue weighted by Crippen LogP contribution is -2.49. The van der Waals surface area contributed by atoms with Gasteiger partial charge in [0.05, 0.1) is 0 Å². The van der Waals surface area contributed by atoms with Gasteiger partial charge in [-0.15, -0.1) is 0 Å². The second kappa shape index (κ2) is 5.60. The van der Waals surface area contributed by atoms with Gasteiger partial charge in [0.25, 0.3) is 0 Å². The molecule has 1 aliphatic rings. The number of aliphatic carboxylic acids is 1. The first-order valence-corrected chi connectivity index (χ1v) is 6.04. The zero-order valence-corrected chi connectivity index (χ0v) is 10.9. The number of carboxylic acid groups (broad SMARTS) is 1. The maximum atomic E-state index is 11.7. The standard InChI is InChI=1S/C13H14N2O5/c1-8-6-9(20-7-12(17)18)2-3-10(8)15-5-4-11(16)14-13(15)19/h2-3,6H,4-5,7H2,1H3,(H,17,18)(H,14,16,19). The molecule has 0 radical (unpaired) electrons. The Hall–Kier alpha value is -2.57. The van der Waals surface area contributed by atoms with E-state index in [2.05, 4.69) is 5.32 Å². The average Bonchev–Trinajstić information content (AvgIpc) is 2.37. The number of nitrogens with zero attached hydrogens (tertiary/aromatic N) is 1. The van der Waals surface area contributed by atoms with Crippen LogP contribution in [0.4, 0.5) is 10.5 Å².